The molecule has 1 rings (SSSR count). The first kappa shape index (κ1) is 13.0. The van der Waals surface area contributed by atoms with Crippen LogP contribution in [0.1, 0.15) is 66.7 Å². The van der Waals surface area contributed by atoms with Crippen molar-refractivity contribution >= 4 is 0 Å². The van der Waals surface area contributed by atoms with Crippen molar-refractivity contribution in [3.63, 3.8) is 0 Å². The normalized spacial score (nSPS) is 33.6. The van der Waals surface area contributed by atoms with Crippen LogP contribution in [0.4, 0.5) is 0 Å². The molecule has 2 unspecified atom stereocenters. The van der Waals surface area contributed by atoms with Gasteiger partial charge in [0.05, 0.1) is 0 Å². The van der Waals surface area contributed by atoms with E-state index in [1.807, 2.05) is 0 Å². The molecule has 1 saturated heterocycles. The van der Waals surface area contributed by atoms with Gasteiger partial charge in [0.25, 0.3) is 0 Å². The summed E-state index contributed by atoms with van der Waals surface area (Å²) in [5, 5.41) is 0. The molecule has 0 aromatic heterocycles. The molecule has 1 aliphatic rings. The van der Waals surface area contributed by atoms with Crippen LogP contribution in [0.2, 0.25) is 0 Å². The lowest BCUT2D eigenvalue weighted by molar-refractivity contribution is 0.0394. The van der Waals surface area contributed by atoms with Crippen molar-refractivity contribution < 1.29 is 0 Å². The van der Waals surface area contributed by atoms with Crippen molar-refractivity contribution in [3.05, 3.63) is 0 Å². The maximum Gasteiger partial charge on any atom is 0.00751 e. The van der Waals surface area contributed by atoms with Gasteiger partial charge in [-0.2, -0.15) is 0 Å². The summed E-state index contributed by atoms with van der Waals surface area (Å²) in [6.07, 6.45) is 7.07. The summed E-state index contributed by atoms with van der Waals surface area (Å²) in [6.45, 7) is 11.8. The highest BCUT2D eigenvalue weighted by molar-refractivity contribution is 4.86. The number of nitrogens with zero attached hydrogens (tertiary/aromatic N) is 1. The number of piperidine rings is 1. The van der Waals surface area contributed by atoms with Gasteiger partial charge in [0.1, 0.15) is 0 Å². The predicted octanol–water partition coefficient (Wildman–Crippen LogP) is 4.07. The molecule has 90 valence electrons. The van der Waals surface area contributed by atoms with E-state index in [0.29, 0.717) is 6.04 Å². The van der Waals surface area contributed by atoms with Gasteiger partial charge in [-0.25, -0.2) is 0 Å². The zero-order chi connectivity index (χ0) is 11.4. The van der Waals surface area contributed by atoms with Gasteiger partial charge in [-0.05, 0) is 46.5 Å². The van der Waals surface area contributed by atoms with Gasteiger partial charge in [-0.1, -0.05) is 26.2 Å². The molecular weight excluding hydrogens is 182 g/mol. The van der Waals surface area contributed by atoms with Crippen LogP contribution in [-0.2, 0) is 0 Å². The highest BCUT2D eigenvalue weighted by Gasteiger charge is 2.31. The third-order valence-corrected chi connectivity index (χ3v) is 3.93. The van der Waals surface area contributed by atoms with E-state index < -0.39 is 0 Å². The second-order valence-electron chi connectivity index (χ2n) is 5.72. The summed E-state index contributed by atoms with van der Waals surface area (Å²) in [5.41, 5.74) is 0. The number of hydrogen-bond acceptors (Lipinski definition) is 1. The molecule has 0 radical (unpaired) electrons. The van der Waals surface area contributed by atoms with E-state index in [4.69, 9.17) is 0 Å². The Balaban J connectivity index is 2.47. The van der Waals surface area contributed by atoms with Gasteiger partial charge < -0.3 is 0 Å². The Kier molecular flexibility index (Phi) is 5.11. The maximum atomic E-state index is 2.70. The van der Waals surface area contributed by atoms with Gasteiger partial charge in [0.2, 0.25) is 0 Å². The quantitative estimate of drug-likeness (QED) is 0.677. The van der Waals surface area contributed by atoms with Crippen molar-refractivity contribution in [2.45, 2.75) is 84.8 Å². The number of likely N-dealkylation sites (tertiary alicyclic amines) is 1. The SMILES string of the molecule is CCCCC1CC(C)N(C(C)C)C(C)C1. The maximum absolute atomic E-state index is 2.70. The van der Waals surface area contributed by atoms with Gasteiger partial charge in [0.15, 0.2) is 0 Å². The van der Waals surface area contributed by atoms with Crippen molar-refractivity contribution in [2.24, 2.45) is 5.92 Å². The lowest BCUT2D eigenvalue weighted by Crippen LogP contribution is -2.50. The van der Waals surface area contributed by atoms with Crippen LogP contribution < -0.4 is 0 Å². The summed E-state index contributed by atoms with van der Waals surface area (Å²) in [4.78, 5) is 2.70. The minimum Gasteiger partial charge on any atom is -0.296 e. The van der Waals surface area contributed by atoms with Crippen LogP contribution in [-0.4, -0.2) is 23.0 Å². The van der Waals surface area contributed by atoms with Crippen molar-refractivity contribution in [1.82, 2.24) is 4.90 Å². The van der Waals surface area contributed by atoms with E-state index in [2.05, 4.69) is 39.5 Å². The molecule has 1 fully saturated rings. The summed E-state index contributed by atoms with van der Waals surface area (Å²) in [5.74, 6) is 0.991. The number of hydrogen-bond donors (Lipinski definition) is 0. The Morgan fingerprint density at radius 3 is 2.07 bits per heavy atom. The highest BCUT2D eigenvalue weighted by Crippen LogP contribution is 2.32. The first-order chi connectivity index (χ1) is 7.06. The minimum absolute atomic E-state index is 0.710. The highest BCUT2D eigenvalue weighted by atomic mass is 15.2. The molecule has 0 spiro atoms. The molecule has 0 amide bonds. The predicted molar refractivity (Wildman–Crippen MR) is 68.1 cm³/mol. The average Bonchev–Trinajstić information content (AvgIpc) is 2.12. The summed E-state index contributed by atoms with van der Waals surface area (Å²) in [7, 11) is 0. The fraction of sp³-hybridized carbons (Fsp3) is 1.00. The Hall–Kier alpha value is -0.0400. The molecule has 15 heavy (non-hydrogen) atoms. The van der Waals surface area contributed by atoms with Crippen molar-refractivity contribution in [2.75, 3.05) is 0 Å². The fourth-order valence-electron chi connectivity index (χ4n) is 3.49. The first-order valence-electron chi connectivity index (χ1n) is 6.83. The first-order valence-corrected chi connectivity index (χ1v) is 6.83. The van der Waals surface area contributed by atoms with Gasteiger partial charge in [0, 0.05) is 18.1 Å². The Labute approximate surface area is 96.2 Å². The average molecular weight is 211 g/mol. The van der Waals surface area contributed by atoms with Crippen LogP contribution >= 0.6 is 0 Å². The molecule has 0 bridgehead atoms. The molecule has 2 atom stereocenters. The fourth-order valence-corrected chi connectivity index (χ4v) is 3.49. The second kappa shape index (κ2) is 5.89. The van der Waals surface area contributed by atoms with Crippen molar-refractivity contribution in [3.8, 4) is 0 Å². The Bertz CT molecular complexity index is 164. The van der Waals surface area contributed by atoms with Gasteiger partial charge in [-0.15, -0.1) is 0 Å². The third kappa shape index (κ3) is 3.48. The van der Waals surface area contributed by atoms with E-state index in [-0.39, 0.29) is 0 Å². The molecular formula is C14H29N. The van der Waals surface area contributed by atoms with Crippen molar-refractivity contribution in [1.29, 1.82) is 0 Å². The van der Waals surface area contributed by atoms with E-state index >= 15 is 0 Å². The molecule has 1 heterocycles. The third-order valence-electron chi connectivity index (χ3n) is 3.93. The molecule has 0 aromatic carbocycles. The monoisotopic (exact) mass is 211 g/mol. The van der Waals surface area contributed by atoms with E-state index in [1.54, 1.807) is 0 Å². The zero-order valence-corrected chi connectivity index (χ0v) is 11.3. The Morgan fingerprint density at radius 1 is 1.13 bits per heavy atom. The van der Waals surface area contributed by atoms with Gasteiger partial charge >= 0.3 is 0 Å². The number of unbranched alkanes of at least 4 members (excludes halogenated alkanes) is 1. The van der Waals surface area contributed by atoms with Gasteiger partial charge in [-0.3, -0.25) is 4.90 Å². The molecule has 1 nitrogen and oxygen atoms in total. The van der Waals surface area contributed by atoms with Crippen LogP contribution in [0.3, 0.4) is 0 Å². The zero-order valence-electron chi connectivity index (χ0n) is 11.3. The van der Waals surface area contributed by atoms with E-state index in [0.717, 1.165) is 18.0 Å². The van der Waals surface area contributed by atoms with Crippen LogP contribution in [0.15, 0.2) is 0 Å². The van der Waals surface area contributed by atoms with E-state index in [1.165, 1.54) is 32.1 Å². The molecule has 0 saturated carbocycles. The largest absolute Gasteiger partial charge is 0.296 e. The number of rotatable bonds is 4. The molecule has 0 aliphatic carbocycles. The lowest BCUT2D eigenvalue weighted by atomic mass is 9.83. The summed E-state index contributed by atoms with van der Waals surface area (Å²) in [6, 6.07) is 2.29. The minimum atomic E-state index is 0.710. The van der Waals surface area contributed by atoms with Crippen LogP contribution in [0.5, 0.6) is 0 Å². The summed E-state index contributed by atoms with van der Waals surface area (Å²) >= 11 is 0. The molecule has 1 aliphatic heterocycles. The summed E-state index contributed by atoms with van der Waals surface area (Å²) < 4.78 is 0. The lowest BCUT2D eigenvalue weighted by Gasteiger charge is -2.45. The molecule has 1 heteroatoms. The van der Waals surface area contributed by atoms with Crippen LogP contribution in [0, 0.1) is 5.92 Å². The van der Waals surface area contributed by atoms with Crippen LogP contribution in [0.25, 0.3) is 0 Å². The molecule has 0 aromatic rings. The topological polar surface area (TPSA) is 3.24 Å². The molecule has 0 N–H and O–H groups in total. The van der Waals surface area contributed by atoms with E-state index in [9.17, 15) is 0 Å². The second-order valence-corrected chi connectivity index (χ2v) is 5.72. The standard InChI is InChI=1S/C14H29N/c1-6-7-8-14-9-12(4)15(11(2)3)13(5)10-14/h11-14H,6-10H2,1-5H3. The Morgan fingerprint density at radius 2 is 1.67 bits per heavy atom. The smallest absolute Gasteiger partial charge is 0.00751 e.